The highest BCUT2D eigenvalue weighted by molar-refractivity contribution is 6.30. The van der Waals surface area contributed by atoms with Crippen LogP contribution in [-0.2, 0) is 22.7 Å². The summed E-state index contributed by atoms with van der Waals surface area (Å²) in [6, 6.07) is 7.89. The third kappa shape index (κ3) is 4.75. The van der Waals surface area contributed by atoms with Crippen molar-refractivity contribution in [1.82, 2.24) is 5.32 Å². The van der Waals surface area contributed by atoms with Gasteiger partial charge >= 0.3 is 0 Å². The normalized spacial score (nSPS) is 12.2. The zero-order valence-corrected chi connectivity index (χ0v) is 11.0. The van der Waals surface area contributed by atoms with Crippen LogP contribution >= 0.6 is 11.6 Å². The Morgan fingerprint density at radius 3 is 2.65 bits per heavy atom. The van der Waals surface area contributed by atoms with E-state index in [0.29, 0.717) is 19.8 Å². The number of hydrogen-bond acceptors (Lipinski definition) is 2. The highest BCUT2D eigenvalue weighted by Gasteiger charge is 2.09. The van der Waals surface area contributed by atoms with Crippen molar-refractivity contribution >= 4 is 17.5 Å². The first kappa shape index (κ1) is 14.0. The van der Waals surface area contributed by atoms with Crippen molar-refractivity contribution in [3.8, 4) is 0 Å². The Balaban J connectivity index is 2.60. The predicted octanol–water partition coefficient (Wildman–Crippen LogP) is 2.47. The molecule has 1 amide bonds. The number of alkyl halides is 1. The van der Waals surface area contributed by atoms with Gasteiger partial charge in [0.05, 0.1) is 6.61 Å². The van der Waals surface area contributed by atoms with Crippen LogP contribution in [0.5, 0.6) is 0 Å². The molecular formula is C13H18ClNO2. The van der Waals surface area contributed by atoms with Gasteiger partial charge in [-0.05, 0) is 25.0 Å². The highest BCUT2D eigenvalue weighted by Crippen LogP contribution is 2.10. The van der Waals surface area contributed by atoms with Crippen molar-refractivity contribution in [2.75, 3.05) is 6.61 Å². The maximum atomic E-state index is 11.4. The molecule has 0 heterocycles. The lowest BCUT2D eigenvalue weighted by Crippen LogP contribution is -2.29. The number of halogens is 1. The van der Waals surface area contributed by atoms with Gasteiger partial charge in [-0.2, -0.15) is 0 Å². The maximum Gasteiger partial charge on any atom is 0.238 e. The van der Waals surface area contributed by atoms with Crippen LogP contribution in [0, 0.1) is 0 Å². The number of benzene rings is 1. The third-order valence-electron chi connectivity index (χ3n) is 2.39. The molecule has 1 aromatic rings. The van der Waals surface area contributed by atoms with Crippen molar-refractivity contribution in [3.63, 3.8) is 0 Å². The molecule has 1 atom stereocenters. The number of carbonyl (C=O) groups excluding carboxylic acids is 1. The van der Waals surface area contributed by atoms with Crippen LogP contribution in [0.3, 0.4) is 0 Å². The summed E-state index contributed by atoms with van der Waals surface area (Å²) in [4.78, 5) is 11.4. The molecule has 1 rings (SSSR count). The van der Waals surface area contributed by atoms with Gasteiger partial charge in [0.15, 0.2) is 0 Å². The van der Waals surface area contributed by atoms with Crippen LogP contribution in [0.15, 0.2) is 24.3 Å². The first-order chi connectivity index (χ1) is 8.15. The number of rotatable bonds is 6. The topological polar surface area (TPSA) is 38.3 Å². The maximum absolute atomic E-state index is 11.4. The fourth-order valence-electron chi connectivity index (χ4n) is 1.41. The van der Waals surface area contributed by atoms with E-state index in [1.165, 1.54) is 0 Å². The molecule has 0 aliphatic heterocycles. The van der Waals surface area contributed by atoms with Crippen molar-refractivity contribution in [2.24, 2.45) is 0 Å². The molecule has 0 fully saturated rings. The smallest absolute Gasteiger partial charge is 0.238 e. The lowest BCUT2D eigenvalue weighted by atomic mass is 10.1. The van der Waals surface area contributed by atoms with Gasteiger partial charge in [0.1, 0.15) is 5.38 Å². The van der Waals surface area contributed by atoms with E-state index in [4.69, 9.17) is 16.3 Å². The third-order valence-corrected chi connectivity index (χ3v) is 2.59. The summed E-state index contributed by atoms with van der Waals surface area (Å²) in [5.74, 6) is -0.155. The zero-order chi connectivity index (χ0) is 12.7. The number of carbonyl (C=O) groups is 1. The summed E-state index contributed by atoms with van der Waals surface area (Å²) in [7, 11) is 0. The van der Waals surface area contributed by atoms with Crippen molar-refractivity contribution in [2.45, 2.75) is 32.4 Å². The van der Waals surface area contributed by atoms with Crippen molar-refractivity contribution in [3.05, 3.63) is 35.4 Å². The fourth-order valence-corrected chi connectivity index (χ4v) is 1.48. The molecule has 1 unspecified atom stereocenters. The first-order valence-corrected chi connectivity index (χ1v) is 6.15. The quantitative estimate of drug-likeness (QED) is 0.793. The summed E-state index contributed by atoms with van der Waals surface area (Å²) < 4.78 is 5.38. The molecule has 3 nitrogen and oxygen atoms in total. The lowest BCUT2D eigenvalue weighted by molar-refractivity contribution is -0.120. The van der Waals surface area contributed by atoms with E-state index >= 15 is 0 Å². The second-order valence-corrected chi connectivity index (χ2v) is 4.39. The molecule has 4 heteroatoms. The molecule has 0 bridgehead atoms. The van der Waals surface area contributed by atoms with E-state index < -0.39 is 5.38 Å². The molecule has 0 spiro atoms. The fraction of sp³-hybridized carbons (Fsp3) is 0.462. The van der Waals surface area contributed by atoms with Crippen LogP contribution in [0.2, 0.25) is 0 Å². The highest BCUT2D eigenvalue weighted by atomic mass is 35.5. The number of nitrogens with one attached hydrogen (secondary N) is 1. The summed E-state index contributed by atoms with van der Waals surface area (Å²) in [5.41, 5.74) is 2.16. The SMILES string of the molecule is CCOCc1ccccc1CNC(=O)C(C)Cl. The minimum absolute atomic E-state index is 0.155. The molecule has 0 aromatic heterocycles. The van der Waals surface area contributed by atoms with Crippen molar-refractivity contribution < 1.29 is 9.53 Å². The first-order valence-electron chi connectivity index (χ1n) is 5.71. The van der Waals surface area contributed by atoms with Crippen LogP contribution in [0.1, 0.15) is 25.0 Å². The van der Waals surface area contributed by atoms with E-state index in [1.54, 1.807) is 6.92 Å². The average Bonchev–Trinajstić information content (AvgIpc) is 2.34. The second-order valence-electron chi connectivity index (χ2n) is 3.74. The van der Waals surface area contributed by atoms with E-state index in [-0.39, 0.29) is 5.91 Å². The Hall–Kier alpha value is -1.06. The standard InChI is InChI=1S/C13H18ClNO2/c1-3-17-9-12-7-5-4-6-11(12)8-15-13(16)10(2)14/h4-7,10H,3,8-9H2,1-2H3,(H,15,16). The Bertz CT molecular complexity index is 366. The van der Waals surface area contributed by atoms with Crippen LogP contribution < -0.4 is 5.32 Å². The summed E-state index contributed by atoms with van der Waals surface area (Å²) in [6.45, 7) is 5.35. The molecule has 17 heavy (non-hydrogen) atoms. The molecule has 0 saturated carbocycles. The molecule has 1 N–H and O–H groups in total. The lowest BCUT2D eigenvalue weighted by Gasteiger charge is -2.11. The average molecular weight is 256 g/mol. The van der Waals surface area contributed by atoms with Gasteiger partial charge in [-0.1, -0.05) is 24.3 Å². The van der Waals surface area contributed by atoms with Gasteiger partial charge in [-0.3, -0.25) is 4.79 Å². The van der Waals surface area contributed by atoms with Gasteiger partial charge in [0.25, 0.3) is 0 Å². The molecule has 0 saturated heterocycles. The van der Waals surface area contributed by atoms with Gasteiger partial charge in [-0.15, -0.1) is 11.6 Å². The molecule has 94 valence electrons. The summed E-state index contributed by atoms with van der Waals surface area (Å²) >= 11 is 5.68. The van der Waals surface area contributed by atoms with Crippen LogP contribution in [-0.4, -0.2) is 17.9 Å². The Labute approximate surface area is 107 Å². The van der Waals surface area contributed by atoms with Gasteiger partial charge in [0.2, 0.25) is 5.91 Å². The van der Waals surface area contributed by atoms with Crippen molar-refractivity contribution in [1.29, 1.82) is 0 Å². The zero-order valence-electron chi connectivity index (χ0n) is 10.2. The monoisotopic (exact) mass is 255 g/mol. The molecule has 0 radical (unpaired) electrons. The minimum atomic E-state index is -0.506. The number of hydrogen-bond donors (Lipinski definition) is 1. The molecule has 1 aromatic carbocycles. The molecule has 0 aliphatic carbocycles. The predicted molar refractivity (Wildman–Crippen MR) is 68.9 cm³/mol. The largest absolute Gasteiger partial charge is 0.377 e. The molecular weight excluding hydrogens is 238 g/mol. The minimum Gasteiger partial charge on any atom is -0.377 e. The van der Waals surface area contributed by atoms with E-state index in [0.717, 1.165) is 11.1 Å². The van der Waals surface area contributed by atoms with E-state index in [2.05, 4.69) is 5.32 Å². The van der Waals surface area contributed by atoms with Crippen LogP contribution in [0.25, 0.3) is 0 Å². The number of amides is 1. The van der Waals surface area contributed by atoms with Gasteiger partial charge in [-0.25, -0.2) is 0 Å². The van der Waals surface area contributed by atoms with E-state index in [1.807, 2.05) is 31.2 Å². The Morgan fingerprint density at radius 1 is 1.41 bits per heavy atom. The molecule has 0 aliphatic rings. The van der Waals surface area contributed by atoms with Gasteiger partial charge < -0.3 is 10.1 Å². The second kappa shape index (κ2) is 7.30. The number of ether oxygens (including phenoxy) is 1. The van der Waals surface area contributed by atoms with E-state index in [9.17, 15) is 4.79 Å². The Kier molecular flexibility index (Phi) is 6.01. The van der Waals surface area contributed by atoms with Gasteiger partial charge in [0, 0.05) is 13.2 Å². The summed E-state index contributed by atoms with van der Waals surface area (Å²) in [6.07, 6.45) is 0. The Morgan fingerprint density at radius 2 is 2.06 bits per heavy atom. The summed E-state index contributed by atoms with van der Waals surface area (Å²) in [5, 5.41) is 2.28. The van der Waals surface area contributed by atoms with Crippen LogP contribution in [0.4, 0.5) is 0 Å².